The van der Waals surface area contributed by atoms with Crippen LogP contribution in [0.5, 0.6) is 0 Å². The van der Waals surface area contributed by atoms with Crippen LogP contribution in [0.3, 0.4) is 0 Å². The van der Waals surface area contributed by atoms with Crippen LogP contribution in [0, 0.1) is 0 Å². The van der Waals surface area contributed by atoms with Crippen molar-refractivity contribution in [1.82, 2.24) is 15.0 Å². The quantitative estimate of drug-likeness (QED) is 0.833. The van der Waals surface area contributed by atoms with Gasteiger partial charge in [0.15, 0.2) is 5.65 Å². The van der Waals surface area contributed by atoms with Gasteiger partial charge in [-0.2, -0.15) is 0 Å². The molecule has 2 aromatic rings. The van der Waals surface area contributed by atoms with Crippen molar-refractivity contribution in [2.75, 3.05) is 18.0 Å². The van der Waals surface area contributed by atoms with Crippen LogP contribution in [-0.4, -0.2) is 38.7 Å². The first-order chi connectivity index (χ1) is 8.20. The second-order valence-electron chi connectivity index (χ2n) is 4.50. The molecular formula is C12H14N4O. The van der Waals surface area contributed by atoms with Crippen LogP contribution >= 0.6 is 0 Å². The smallest absolute Gasteiger partial charge is 0.180 e. The highest BCUT2D eigenvalue weighted by Crippen LogP contribution is 2.28. The van der Waals surface area contributed by atoms with Crippen molar-refractivity contribution in [3.8, 4) is 0 Å². The lowest BCUT2D eigenvalue weighted by Gasteiger charge is -2.46. The zero-order chi connectivity index (χ0) is 11.9. The van der Waals surface area contributed by atoms with E-state index in [0.717, 1.165) is 17.8 Å². The van der Waals surface area contributed by atoms with Crippen molar-refractivity contribution in [3.63, 3.8) is 0 Å². The third kappa shape index (κ3) is 1.72. The fraction of sp³-hybridized carbons (Fsp3) is 0.417. The molecule has 0 radical (unpaired) electrons. The van der Waals surface area contributed by atoms with Crippen LogP contribution in [0.25, 0.3) is 11.2 Å². The summed E-state index contributed by atoms with van der Waals surface area (Å²) in [7, 11) is 0. The van der Waals surface area contributed by atoms with Gasteiger partial charge < -0.3 is 10.0 Å². The normalized spacial score (nSPS) is 18.1. The molecule has 5 nitrogen and oxygen atoms in total. The Morgan fingerprint density at radius 2 is 2.06 bits per heavy atom. The summed E-state index contributed by atoms with van der Waals surface area (Å²) in [6, 6.07) is 3.83. The lowest BCUT2D eigenvalue weighted by Crippen LogP contribution is -2.61. The molecule has 0 aliphatic carbocycles. The second kappa shape index (κ2) is 3.63. The average molecular weight is 230 g/mol. The first-order valence-corrected chi connectivity index (χ1v) is 5.75. The van der Waals surface area contributed by atoms with E-state index in [1.165, 1.54) is 0 Å². The second-order valence-corrected chi connectivity index (χ2v) is 4.50. The number of aromatic nitrogens is 3. The molecule has 1 saturated heterocycles. The summed E-state index contributed by atoms with van der Waals surface area (Å²) >= 11 is 0. The number of pyridine rings is 1. The van der Waals surface area contributed by atoms with Crippen LogP contribution in [0.1, 0.15) is 13.3 Å². The minimum Gasteiger partial charge on any atom is -0.386 e. The minimum atomic E-state index is -0.543. The van der Waals surface area contributed by atoms with Gasteiger partial charge in [0.25, 0.3) is 0 Å². The molecule has 0 aromatic carbocycles. The van der Waals surface area contributed by atoms with Gasteiger partial charge in [-0.1, -0.05) is 6.92 Å². The fourth-order valence-electron chi connectivity index (χ4n) is 2.07. The van der Waals surface area contributed by atoms with Gasteiger partial charge in [-0.15, -0.1) is 0 Å². The molecule has 0 amide bonds. The molecule has 0 unspecified atom stereocenters. The molecule has 1 fully saturated rings. The van der Waals surface area contributed by atoms with E-state index in [1.807, 2.05) is 19.1 Å². The third-order valence-electron chi connectivity index (χ3n) is 3.27. The van der Waals surface area contributed by atoms with Gasteiger partial charge in [0.1, 0.15) is 11.3 Å². The van der Waals surface area contributed by atoms with Gasteiger partial charge in [0, 0.05) is 25.5 Å². The molecule has 0 atom stereocenters. The Bertz CT molecular complexity index is 551. The molecule has 0 bridgehead atoms. The van der Waals surface area contributed by atoms with Gasteiger partial charge in [0.2, 0.25) is 0 Å². The van der Waals surface area contributed by atoms with E-state index >= 15 is 0 Å². The summed E-state index contributed by atoms with van der Waals surface area (Å²) in [5, 5.41) is 9.97. The minimum absolute atomic E-state index is 0.543. The molecule has 2 aromatic heterocycles. The highest BCUT2D eigenvalue weighted by molar-refractivity contribution is 5.71. The highest BCUT2D eigenvalue weighted by atomic mass is 16.3. The average Bonchev–Trinajstić information content (AvgIpc) is 2.34. The Balaban J connectivity index is 1.88. The van der Waals surface area contributed by atoms with Crippen LogP contribution in [0.4, 0.5) is 5.82 Å². The zero-order valence-corrected chi connectivity index (χ0v) is 9.67. The molecule has 5 heteroatoms. The van der Waals surface area contributed by atoms with Crippen molar-refractivity contribution in [1.29, 1.82) is 0 Å². The van der Waals surface area contributed by atoms with Crippen LogP contribution in [-0.2, 0) is 0 Å². The fourth-order valence-corrected chi connectivity index (χ4v) is 2.07. The monoisotopic (exact) mass is 230 g/mol. The van der Waals surface area contributed by atoms with E-state index in [9.17, 15) is 5.11 Å². The number of rotatable bonds is 2. The summed E-state index contributed by atoms with van der Waals surface area (Å²) in [6.45, 7) is 3.28. The third-order valence-corrected chi connectivity index (χ3v) is 3.27. The predicted octanol–water partition coefficient (Wildman–Crippen LogP) is 0.986. The predicted molar refractivity (Wildman–Crippen MR) is 64.8 cm³/mol. The van der Waals surface area contributed by atoms with Crippen molar-refractivity contribution < 1.29 is 5.11 Å². The van der Waals surface area contributed by atoms with E-state index in [-0.39, 0.29) is 0 Å². The van der Waals surface area contributed by atoms with Gasteiger partial charge in [0.05, 0.1) is 5.60 Å². The molecule has 88 valence electrons. The summed E-state index contributed by atoms with van der Waals surface area (Å²) in [6.07, 6.45) is 4.07. The lowest BCUT2D eigenvalue weighted by atomic mass is 9.91. The molecule has 0 saturated carbocycles. The molecular weight excluding hydrogens is 216 g/mol. The number of nitrogens with zero attached hydrogens (tertiary/aromatic N) is 4. The largest absolute Gasteiger partial charge is 0.386 e. The number of hydrogen-bond acceptors (Lipinski definition) is 5. The molecule has 3 rings (SSSR count). The Hall–Kier alpha value is -1.75. The SMILES string of the molecule is CCC1(O)CN(c2ccc3nccnc3n2)C1. The zero-order valence-electron chi connectivity index (χ0n) is 9.67. The van der Waals surface area contributed by atoms with Gasteiger partial charge >= 0.3 is 0 Å². The van der Waals surface area contributed by atoms with Crippen molar-refractivity contribution >= 4 is 17.0 Å². The van der Waals surface area contributed by atoms with E-state index < -0.39 is 5.60 Å². The Morgan fingerprint density at radius 1 is 1.29 bits per heavy atom. The Labute approximate surface area is 99.1 Å². The molecule has 1 aliphatic rings. The molecule has 3 heterocycles. The standard InChI is InChI=1S/C12H14N4O/c1-2-12(17)7-16(8-12)10-4-3-9-11(15-10)14-6-5-13-9/h3-6,17H,2,7-8H2,1H3. The summed E-state index contributed by atoms with van der Waals surface area (Å²) in [5.74, 6) is 0.858. The number of aliphatic hydroxyl groups is 1. The van der Waals surface area contributed by atoms with Crippen LogP contribution in [0.15, 0.2) is 24.5 Å². The summed E-state index contributed by atoms with van der Waals surface area (Å²) < 4.78 is 0. The number of β-amino-alcohol motifs (C(OH)–C–C–N with tert-alkyl or cyclic N) is 1. The molecule has 1 aliphatic heterocycles. The maximum atomic E-state index is 9.97. The number of fused-ring (bicyclic) bond motifs is 1. The summed E-state index contributed by atoms with van der Waals surface area (Å²) in [5.41, 5.74) is 0.901. The first kappa shape index (κ1) is 10.4. The first-order valence-electron chi connectivity index (χ1n) is 5.75. The van der Waals surface area contributed by atoms with Crippen molar-refractivity contribution in [3.05, 3.63) is 24.5 Å². The van der Waals surface area contributed by atoms with E-state index in [1.54, 1.807) is 12.4 Å². The Kier molecular flexibility index (Phi) is 2.22. The summed E-state index contributed by atoms with van der Waals surface area (Å²) in [4.78, 5) is 14.8. The van der Waals surface area contributed by atoms with E-state index in [0.29, 0.717) is 18.7 Å². The van der Waals surface area contributed by atoms with Gasteiger partial charge in [-0.3, -0.25) is 4.98 Å². The molecule has 0 spiro atoms. The number of hydrogen-bond donors (Lipinski definition) is 1. The maximum absolute atomic E-state index is 9.97. The number of anilines is 1. The van der Waals surface area contributed by atoms with Crippen molar-refractivity contribution in [2.45, 2.75) is 18.9 Å². The highest BCUT2D eigenvalue weighted by Gasteiger charge is 2.40. The maximum Gasteiger partial charge on any atom is 0.180 e. The van der Waals surface area contributed by atoms with Crippen molar-refractivity contribution in [2.24, 2.45) is 0 Å². The molecule has 1 N–H and O–H groups in total. The molecule has 17 heavy (non-hydrogen) atoms. The van der Waals surface area contributed by atoms with Crippen LogP contribution in [0.2, 0.25) is 0 Å². The van der Waals surface area contributed by atoms with Gasteiger partial charge in [-0.25, -0.2) is 9.97 Å². The van der Waals surface area contributed by atoms with Gasteiger partial charge in [-0.05, 0) is 18.6 Å². The lowest BCUT2D eigenvalue weighted by molar-refractivity contribution is 0.00809. The van der Waals surface area contributed by atoms with Crippen LogP contribution < -0.4 is 4.90 Å². The Morgan fingerprint density at radius 3 is 2.82 bits per heavy atom. The van der Waals surface area contributed by atoms with E-state index in [4.69, 9.17) is 0 Å². The topological polar surface area (TPSA) is 62.1 Å². The van der Waals surface area contributed by atoms with E-state index in [2.05, 4.69) is 19.9 Å².